The zero-order valence-corrected chi connectivity index (χ0v) is 11.7. The second kappa shape index (κ2) is 6.23. The van der Waals surface area contributed by atoms with Crippen LogP contribution in [0, 0.1) is 6.92 Å². The maximum atomic E-state index is 5.42. The second-order valence-electron chi connectivity index (χ2n) is 4.56. The van der Waals surface area contributed by atoms with E-state index in [0.29, 0.717) is 0 Å². The van der Waals surface area contributed by atoms with Gasteiger partial charge in [0.05, 0.1) is 12.8 Å². The lowest BCUT2D eigenvalue weighted by atomic mass is 10.1. The zero-order valence-electron chi connectivity index (χ0n) is 11.7. The maximum absolute atomic E-state index is 5.42. The molecule has 1 aromatic heterocycles. The summed E-state index contributed by atoms with van der Waals surface area (Å²) in [6.45, 7) is 5.19. The molecule has 0 saturated heterocycles. The van der Waals surface area contributed by atoms with Crippen LogP contribution in [0.3, 0.4) is 0 Å². The summed E-state index contributed by atoms with van der Waals surface area (Å²) in [4.78, 5) is 4.45. The molecular weight excluding hydrogens is 236 g/mol. The van der Waals surface area contributed by atoms with E-state index in [0.717, 1.165) is 35.7 Å². The summed E-state index contributed by atoms with van der Waals surface area (Å²) in [6.07, 6.45) is 2.93. The highest BCUT2D eigenvalue weighted by Crippen LogP contribution is 2.30. The van der Waals surface area contributed by atoms with Gasteiger partial charge >= 0.3 is 0 Å². The number of anilines is 1. The van der Waals surface area contributed by atoms with Crippen LogP contribution >= 0.6 is 0 Å². The lowest BCUT2D eigenvalue weighted by Gasteiger charge is -2.11. The normalized spacial score (nSPS) is 10.3. The van der Waals surface area contributed by atoms with Gasteiger partial charge in [-0.3, -0.25) is 4.98 Å². The summed E-state index contributed by atoms with van der Waals surface area (Å²) >= 11 is 0. The molecule has 0 unspecified atom stereocenters. The van der Waals surface area contributed by atoms with Gasteiger partial charge < -0.3 is 10.1 Å². The molecule has 100 valence electrons. The van der Waals surface area contributed by atoms with Crippen molar-refractivity contribution in [1.29, 1.82) is 0 Å². The van der Waals surface area contributed by atoms with E-state index in [1.54, 1.807) is 7.11 Å². The van der Waals surface area contributed by atoms with Gasteiger partial charge in [0.2, 0.25) is 0 Å². The largest absolute Gasteiger partial charge is 0.496 e. The molecular formula is C16H20N2O. The number of aromatic nitrogens is 1. The van der Waals surface area contributed by atoms with Crippen molar-refractivity contribution in [2.75, 3.05) is 19.0 Å². The van der Waals surface area contributed by atoms with Crippen LogP contribution in [0.1, 0.15) is 18.9 Å². The van der Waals surface area contributed by atoms with Gasteiger partial charge in [-0.2, -0.15) is 0 Å². The van der Waals surface area contributed by atoms with E-state index in [2.05, 4.69) is 36.3 Å². The Hall–Kier alpha value is -2.03. The average Bonchev–Trinajstić information content (AvgIpc) is 2.45. The fraction of sp³-hybridized carbons (Fsp3) is 0.312. The Morgan fingerprint density at radius 1 is 1.21 bits per heavy atom. The molecule has 1 heterocycles. The highest BCUT2D eigenvalue weighted by Gasteiger charge is 2.08. The molecule has 0 atom stereocenters. The molecule has 19 heavy (non-hydrogen) atoms. The number of aryl methyl sites for hydroxylation is 1. The second-order valence-corrected chi connectivity index (χ2v) is 4.56. The number of nitrogens with zero attached hydrogens (tertiary/aromatic N) is 1. The fourth-order valence-electron chi connectivity index (χ4n) is 1.98. The minimum atomic E-state index is 0.853. The first-order valence-corrected chi connectivity index (χ1v) is 6.59. The van der Waals surface area contributed by atoms with Crippen LogP contribution in [-0.2, 0) is 0 Å². The summed E-state index contributed by atoms with van der Waals surface area (Å²) in [7, 11) is 1.69. The number of ether oxygens (including phenoxy) is 1. The number of hydrogen-bond donors (Lipinski definition) is 1. The van der Waals surface area contributed by atoms with E-state index >= 15 is 0 Å². The Bertz CT molecular complexity index is 552. The molecule has 0 fully saturated rings. The summed E-state index contributed by atoms with van der Waals surface area (Å²) in [5, 5.41) is 3.38. The van der Waals surface area contributed by atoms with Crippen molar-refractivity contribution in [2.45, 2.75) is 20.3 Å². The smallest absolute Gasteiger partial charge is 0.128 e. The Labute approximate surface area is 114 Å². The monoisotopic (exact) mass is 256 g/mol. The summed E-state index contributed by atoms with van der Waals surface area (Å²) in [6, 6.07) is 10.2. The highest BCUT2D eigenvalue weighted by molar-refractivity contribution is 5.70. The van der Waals surface area contributed by atoms with E-state index in [1.165, 1.54) is 5.56 Å². The number of pyridine rings is 1. The van der Waals surface area contributed by atoms with Gasteiger partial charge in [0.1, 0.15) is 5.75 Å². The van der Waals surface area contributed by atoms with Gasteiger partial charge in [-0.15, -0.1) is 0 Å². The first-order valence-electron chi connectivity index (χ1n) is 6.59. The lowest BCUT2D eigenvalue weighted by molar-refractivity contribution is 0.416. The lowest BCUT2D eigenvalue weighted by Crippen LogP contribution is -2.00. The van der Waals surface area contributed by atoms with E-state index in [1.807, 2.05) is 24.4 Å². The molecule has 0 radical (unpaired) electrons. The molecule has 0 amide bonds. The third-order valence-electron chi connectivity index (χ3n) is 2.97. The van der Waals surface area contributed by atoms with Crippen molar-refractivity contribution < 1.29 is 4.74 Å². The van der Waals surface area contributed by atoms with Crippen molar-refractivity contribution in [3.8, 4) is 17.0 Å². The van der Waals surface area contributed by atoms with Crippen LogP contribution in [0.2, 0.25) is 0 Å². The van der Waals surface area contributed by atoms with Crippen molar-refractivity contribution in [3.63, 3.8) is 0 Å². The van der Waals surface area contributed by atoms with Crippen LogP contribution in [0.5, 0.6) is 5.75 Å². The van der Waals surface area contributed by atoms with Crippen LogP contribution in [-0.4, -0.2) is 18.6 Å². The third-order valence-corrected chi connectivity index (χ3v) is 2.97. The topological polar surface area (TPSA) is 34.2 Å². The van der Waals surface area contributed by atoms with Gasteiger partial charge in [-0.05, 0) is 37.6 Å². The van der Waals surface area contributed by atoms with Crippen LogP contribution in [0.4, 0.5) is 5.69 Å². The minimum Gasteiger partial charge on any atom is -0.496 e. The van der Waals surface area contributed by atoms with Crippen molar-refractivity contribution in [3.05, 3.63) is 42.1 Å². The van der Waals surface area contributed by atoms with Gasteiger partial charge in [-0.1, -0.05) is 18.6 Å². The van der Waals surface area contributed by atoms with E-state index in [9.17, 15) is 0 Å². The molecule has 2 rings (SSSR count). The fourth-order valence-corrected chi connectivity index (χ4v) is 1.98. The summed E-state index contributed by atoms with van der Waals surface area (Å²) in [5.74, 6) is 0.853. The SMILES string of the molecule is CCCNc1ccnc(-c2cc(C)ccc2OC)c1. The molecule has 0 bridgehead atoms. The first-order chi connectivity index (χ1) is 9.24. The van der Waals surface area contributed by atoms with Crippen molar-refractivity contribution in [2.24, 2.45) is 0 Å². The number of benzene rings is 1. The maximum Gasteiger partial charge on any atom is 0.128 e. The molecule has 3 nitrogen and oxygen atoms in total. The minimum absolute atomic E-state index is 0.853. The van der Waals surface area contributed by atoms with Crippen LogP contribution < -0.4 is 10.1 Å². The third kappa shape index (κ3) is 3.25. The van der Waals surface area contributed by atoms with Crippen molar-refractivity contribution >= 4 is 5.69 Å². The van der Waals surface area contributed by atoms with Crippen LogP contribution in [0.25, 0.3) is 11.3 Å². The summed E-state index contributed by atoms with van der Waals surface area (Å²) in [5.41, 5.74) is 4.25. The predicted octanol–water partition coefficient (Wildman–Crippen LogP) is 3.89. The zero-order chi connectivity index (χ0) is 13.7. The van der Waals surface area contributed by atoms with E-state index < -0.39 is 0 Å². The molecule has 0 aliphatic rings. The van der Waals surface area contributed by atoms with E-state index in [4.69, 9.17) is 4.74 Å². The number of hydrogen-bond acceptors (Lipinski definition) is 3. The van der Waals surface area contributed by atoms with Crippen LogP contribution in [0.15, 0.2) is 36.5 Å². The molecule has 2 aromatic rings. The quantitative estimate of drug-likeness (QED) is 0.881. The highest BCUT2D eigenvalue weighted by atomic mass is 16.5. The molecule has 3 heteroatoms. The Morgan fingerprint density at radius 2 is 2.05 bits per heavy atom. The van der Waals surface area contributed by atoms with E-state index in [-0.39, 0.29) is 0 Å². The first kappa shape index (κ1) is 13.4. The van der Waals surface area contributed by atoms with Gasteiger partial charge in [0.15, 0.2) is 0 Å². The number of rotatable bonds is 5. The Balaban J connectivity index is 2.38. The van der Waals surface area contributed by atoms with Gasteiger partial charge in [0, 0.05) is 24.0 Å². The summed E-state index contributed by atoms with van der Waals surface area (Å²) < 4.78 is 5.42. The number of nitrogens with one attached hydrogen (secondary N) is 1. The molecule has 1 aromatic carbocycles. The standard InChI is InChI=1S/C16H20N2O/c1-4-8-17-13-7-9-18-15(11-13)14-10-12(2)5-6-16(14)19-3/h5-7,9-11H,4,8H2,1-3H3,(H,17,18). The average molecular weight is 256 g/mol. The van der Waals surface area contributed by atoms with Gasteiger partial charge in [-0.25, -0.2) is 0 Å². The molecule has 0 aliphatic heterocycles. The van der Waals surface area contributed by atoms with Gasteiger partial charge in [0.25, 0.3) is 0 Å². The number of methoxy groups -OCH3 is 1. The van der Waals surface area contributed by atoms with Crippen molar-refractivity contribution in [1.82, 2.24) is 4.98 Å². The molecule has 0 spiro atoms. The predicted molar refractivity (Wildman–Crippen MR) is 79.7 cm³/mol. The molecule has 0 aliphatic carbocycles. The Kier molecular flexibility index (Phi) is 4.39. The molecule has 1 N–H and O–H groups in total. The Morgan fingerprint density at radius 3 is 2.79 bits per heavy atom. The molecule has 0 saturated carbocycles.